The minimum atomic E-state index is 0.0291. The summed E-state index contributed by atoms with van der Waals surface area (Å²) in [5, 5.41) is 6.06. The Kier molecular flexibility index (Phi) is 3.97. The van der Waals surface area contributed by atoms with Crippen molar-refractivity contribution in [3.63, 3.8) is 0 Å². The Hall–Kier alpha value is -1.13. The van der Waals surface area contributed by atoms with Gasteiger partial charge >= 0.3 is 0 Å². The lowest BCUT2D eigenvalue weighted by atomic mass is 10.0. The van der Waals surface area contributed by atoms with E-state index in [0.29, 0.717) is 6.54 Å². The monoisotopic (exact) mass is 294 g/mol. The fourth-order valence-electron chi connectivity index (χ4n) is 1.64. The lowest BCUT2D eigenvalue weighted by Gasteiger charge is -2.21. The number of rotatable bonds is 3. The van der Waals surface area contributed by atoms with Crippen LogP contribution < -0.4 is 10.6 Å². The molecule has 1 saturated heterocycles. The number of benzene rings is 1. The number of amides is 1. The molecule has 1 amide bonds. The molecule has 0 radical (unpaired) electrons. The molecule has 17 heavy (non-hydrogen) atoms. The van der Waals surface area contributed by atoms with Gasteiger partial charge in [-0.25, -0.2) is 0 Å². The lowest BCUT2D eigenvalue weighted by Crippen LogP contribution is -2.37. The second-order valence-corrected chi connectivity index (χ2v) is 5.06. The maximum Gasteiger partial charge on any atom is 0.247 e. The number of hydrogen-bond donors (Lipinski definition) is 2. The first-order chi connectivity index (χ1) is 8.16. The average Bonchev–Trinajstić information content (AvgIpc) is 2.23. The highest BCUT2D eigenvalue weighted by atomic mass is 79.9. The molecule has 0 aromatic heterocycles. The van der Waals surface area contributed by atoms with Gasteiger partial charge in [0.2, 0.25) is 5.91 Å². The quantitative estimate of drug-likeness (QED) is 0.837. The Morgan fingerprint density at radius 3 is 2.82 bits per heavy atom. The zero-order chi connectivity index (χ0) is 12.3. The average molecular weight is 295 g/mol. The Bertz CT molecular complexity index is 462. The molecule has 1 aliphatic heterocycles. The molecule has 3 nitrogen and oxygen atoms in total. The van der Waals surface area contributed by atoms with Gasteiger partial charge in [-0.2, -0.15) is 0 Å². The SMILES string of the molecule is CC(C(=O)NCc1cccc(Br)c1)=C1CNC1. The summed E-state index contributed by atoms with van der Waals surface area (Å²) in [6, 6.07) is 7.94. The van der Waals surface area contributed by atoms with Crippen molar-refractivity contribution in [3.8, 4) is 0 Å². The maximum absolute atomic E-state index is 11.8. The van der Waals surface area contributed by atoms with E-state index in [1.165, 1.54) is 5.57 Å². The van der Waals surface area contributed by atoms with Gasteiger partial charge in [0, 0.05) is 29.7 Å². The van der Waals surface area contributed by atoms with Crippen LogP contribution in [0.3, 0.4) is 0 Å². The van der Waals surface area contributed by atoms with Gasteiger partial charge in [-0.3, -0.25) is 4.79 Å². The fraction of sp³-hybridized carbons (Fsp3) is 0.308. The predicted octanol–water partition coefficient (Wildman–Crippen LogP) is 1.98. The largest absolute Gasteiger partial charge is 0.348 e. The molecule has 1 fully saturated rings. The molecular weight excluding hydrogens is 280 g/mol. The minimum Gasteiger partial charge on any atom is -0.348 e. The molecule has 90 valence electrons. The third-order valence-corrected chi connectivity index (χ3v) is 3.38. The van der Waals surface area contributed by atoms with Crippen LogP contribution in [0.4, 0.5) is 0 Å². The molecule has 1 aromatic rings. The predicted molar refractivity (Wildman–Crippen MR) is 71.6 cm³/mol. The standard InChI is InChI=1S/C13H15BrN2O/c1-9(11-7-15-8-11)13(17)16-6-10-3-2-4-12(14)5-10/h2-5,15H,6-8H2,1H3,(H,16,17). The van der Waals surface area contributed by atoms with E-state index in [0.717, 1.165) is 28.7 Å². The molecule has 1 aromatic carbocycles. The van der Waals surface area contributed by atoms with Gasteiger partial charge < -0.3 is 10.6 Å². The molecule has 1 aliphatic rings. The van der Waals surface area contributed by atoms with Crippen molar-refractivity contribution in [2.75, 3.05) is 13.1 Å². The molecule has 0 atom stereocenters. The molecule has 0 spiro atoms. The van der Waals surface area contributed by atoms with Gasteiger partial charge in [-0.15, -0.1) is 0 Å². The summed E-state index contributed by atoms with van der Waals surface area (Å²) in [7, 11) is 0. The van der Waals surface area contributed by atoms with Crippen molar-refractivity contribution in [3.05, 3.63) is 45.4 Å². The third kappa shape index (κ3) is 3.17. The molecular formula is C13H15BrN2O. The summed E-state index contributed by atoms with van der Waals surface area (Å²) in [6.07, 6.45) is 0. The van der Waals surface area contributed by atoms with Crippen LogP contribution in [0, 0.1) is 0 Å². The molecule has 2 rings (SSSR count). The summed E-state index contributed by atoms with van der Waals surface area (Å²) in [4.78, 5) is 11.8. The summed E-state index contributed by atoms with van der Waals surface area (Å²) in [6.45, 7) is 4.13. The van der Waals surface area contributed by atoms with E-state index in [4.69, 9.17) is 0 Å². The Balaban J connectivity index is 1.92. The van der Waals surface area contributed by atoms with Gasteiger partial charge in [-0.1, -0.05) is 28.1 Å². The smallest absolute Gasteiger partial charge is 0.247 e. The van der Waals surface area contributed by atoms with E-state index >= 15 is 0 Å². The van der Waals surface area contributed by atoms with Gasteiger partial charge in [0.25, 0.3) is 0 Å². The highest BCUT2D eigenvalue weighted by molar-refractivity contribution is 9.10. The number of carbonyl (C=O) groups excluding carboxylic acids is 1. The van der Waals surface area contributed by atoms with E-state index in [9.17, 15) is 4.79 Å². The number of halogens is 1. The normalized spacial score (nSPS) is 14.1. The van der Waals surface area contributed by atoms with E-state index < -0.39 is 0 Å². The number of hydrogen-bond acceptors (Lipinski definition) is 2. The van der Waals surface area contributed by atoms with Crippen molar-refractivity contribution >= 4 is 21.8 Å². The maximum atomic E-state index is 11.8. The van der Waals surface area contributed by atoms with Crippen LogP contribution in [0.25, 0.3) is 0 Å². The summed E-state index contributed by atoms with van der Waals surface area (Å²) in [5.74, 6) is 0.0291. The van der Waals surface area contributed by atoms with Crippen LogP contribution >= 0.6 is 15.9 Å². The van der Waals surface area contributed by atoms with E-state index in [2.05, 4.69) is 26.6 Å². The van der Waals surface area contributed by atoms with E-state index in [1.807, 2.05) is 31.2 Å². The first kappa shape index (κ1) is 12.3. The van der Waals surface area contributed by atoms with E-state index in [-0.39, 0.29) is 5.91 Å². The molecule has 0 aliphatic carbocycles. The molecule has 2 N–H and O–H groups in total. The van der Waals surface area contributed by atoms with Crippen LogP contribution in [-0.2, 0) is 11.3 Å². The minimum absolute atomic E-state index is 0.0291. The van der Waals surface area contributed by atoms with Crippen LogP contribution in [0.5, 0.6) is 0 Å². The highest BCUT2D eigenvalue weighted by Crippen LogP contribution is 2.12. The van der Waals surface area contributed by atoms with Crippen LogP contribution in [-0.4, -0.2) is 19.0 Å². The topological polar surface area (TPSA) is 41.1 Å². The van der Waals surface area contributed by atoms with Gasteiger partial charge in [0.1, 0.15) is 0 Å². The Labute approximate surface area is 109 Å². The van der Waals surface area contributed by atoms with Crippen molar-refractivity contribution in [2.45, 2.75) is 13.5 Å². The molecule has 0 bridgehead atoms. The van der Waals surface area contributed by atoms with Crippen molar-refractivity contribution < 1.29 is 4.79 Å². The lowest BCUT2D eigenvalue weighted by molar-refractivity contribution is -0.117. The van der Waals surface area contributed by atoms with Crippen molar-refractivity contribution in [1.29, 1.82) is 0 Å². The van der Waals surface area contributed by atoms with Crippen molar-refractivity contribution in [1.82, 2.24) is 10.6 Å². The van der Waals surface area contributed by atoms with Gasteiger partial charge in [0.05, 0.1) is 0 Å². The molecule has 4 heteroatoms. The Morgan fingerprint density at radius 2 is 2.24 bits per heavy atom. The first-order valence-electron chi connectivity index (χ1n) is 5.59. The second-order valence-electron chi connectivity index (χ2n) is 4.14. The first-order valence-corrected chi connectivity index (χ1v) is 6.38. The summed E-state index contributed by atoms with van der Waals surface area (Å²) >= 11 is 3.41. The van der Waals surface area contributed by atoms with Crippen LogP contribution in [0.2, 0.25) is 0 Å². The molecule has 0 unspecified atom stereocenters. The second kappa shape index (κ2) is 5.47. The van der Waals surface area contributed by atoms with Crippen molar-refractivity contribution in [2.24, 2.45) is 0 Å². The molecule has 1 heterocycles. The van der Waals surface area contributed by atoms with E-state index in [1.54, 1.807) is 0 Å². The number of carbonyl (C=O) groups is 1. The van der Waals surface area contributed by atoms with Gasteiger partial charge in [-0.05, 0) is 30.2 Å². The zero-order valence-corrected chi connectivity index (χ0v) is 11.3. The number of nitrogens with one attached hydrogen (secondary N) is 2. The summed E-state index contributed by atoms with van der Waals surface area (Å²) in [5.41, 5.74) is 3.15. The highest BCUT2D eigenvalue weighted by Gasteiger charge is 2.15. The summed E-state index contributed by atoms with van der Waals surface area (Å²) < 4.78 is 1.03. The fourth-order valence-corrected chi connectivity index (χ4v) is 2.08. The van der Waals surface area contributed by atoms with Gasteiger partial charge in [0.15, 0.2) is 0 Å². The zero-order valence-electron chi connectivity index (χ0n) is 9.72. The molecule has 0 saturated carbocycles. The van der Waals surface area contributed by atoms with Crippen LogP contribution in [0.1, 0.15) is 12.5 Å². The van der Waals surface area contributed by atoms with Crippen LogP contribution in [0.15, 0.2) is 39.9 Å². The third-order valence-electron chi connectivity index (χ3n) is 2.89. The Morgan fingerprint density at radius 1 is 1.47 bits per heavy atom.